The van der Waals surface area contributed by atoms with Crippen LogP contribution < -0.4 is 4.74 Å². The molecule has 1 aromatic carbocycles. The summed E-state index contributed by atoms with van der Waals surface area (Å²) in [6.07, 6.45) is 1.16. The van der Waals surface area contributed by atoms with Gasteiger partial charge in [-0.05, 0) is 37.3 Å². The first-order valence-corrected chi connectivity index (χ1v) is 8.54. The van der Waals surface area contributed by atoms with Crippen molar-refractivity contribution in [1.82, 2.24) is 10.1 Å². The van der Waals surface area contributed by atoms with Crippen molar-refractivity contribution in [3.05, 3.63) is 35.0 Å². The van der Waals surface area contributed by atoms with E-state index in [1.54, 1.807) is 0 Å². The van der Waals surface area contributed by atoms with Crippen LogP contribution in [0.3, 0.4) is 0 Å². The Morgan fingerprint density at radius 1 is 1.25 bits per heavy atom. The van der Waals surface area contributed by atoms with Crippen LogP contribution in [0.25, 0.3) is 11.3 Å². The molecule has 0 unspecified atom stereocenters. The molecule has 24 heavy (non-hydrogen) atoms. The molecule has 0 N–H and O–H groups in total. The highest BCUT2D eigenvalue weighted by molar-refractivity contribution is 5.95. The maximum absolute atomic E-state index is 13.0. The molecular formula is C19H22N2O3. The molecule has 0 spiro atoms. The van der Waals surface area contributed by atoms with Crippen LogP contribution in [0.5, 0.6) is 5.75 Å². The third-order valence-corrected chi connectivity index (χ3v) is 4.90. The number of nitrogens with zero attached hydrogens (tertiary/aromatic N) is 2. The number of piperidine rings is 1. The van der Waals surface area contributed by atoms with Crippen LogP contribution in [0.15, 0.2) is 22.7 Å². The molecule has 2 aliphatic rings. The molecule has 0 saturated carbocycles. The Balaban J connectivity index is 1.68. The third-order valence-electron chi connectivity index (χ3n) is 4.90. The first kappa shape index (κ1) is 15.2. The summed E-state index contributed by atoms with van der Waals surface area (Å²) in [5, 5.41) is 4.11. The molecule has 2 atom stereocenters. The summed E-state index contributed by atoms with van der Waals surface area (Å²) in [6.45, 7) is 8.29. The van der Waals surface area contributed by atoms with Gasteiger partial charge in [0.25, 0.3) is 5.91 Å². The van der Waals surface area contributed by atoms with Crippen molar-refractivity contribution in [2.24, 2.45) is 11.8 Å². The molecule has 0 radical (unpaired) electrons. The quantitative estimate of drug-likeness (QED) is 0.802. The van der Waals surface area contributed by atoms with Gasteiger partial charge in [0.2, 0.25) is 0 Å². The minimum Gasteiger partial charge on any atom is -0.488 e. The number of ether oxygens (including phenoxy) is 1. The molecule has 5 heteroatoms. The van der Waals surface area contributed by atoms with Gasteiger partial charge < -0.3 is 14.2 Å². The first-order chi connectivity index (χ1) is 11.5. The number of carbonyl (C=O) groups excluding carboxylic acids is 1. The van der Waals surface area contributed by atoms with E-state index in [1.807, 2.05) is 30.0 Å². The monoisotopic (exact) mass is 326 g/mol. The van der Waals surface area contributed by atoms with Crippen molar-refractivity contribution in [1.29, 1.82) is 0 Å². The molecule has 1 amide bonds. The smallest absolute Gasteiger partial charge is 0.276 e. The van der Waals surface area contributed by atoms with Gasteiger partial charge in [-0.25, -0.2) is 0 Å². The number of carbonyl (C=O) groups is 1. The van der Waals surface area contributed by atoms with Gasteiger partial charge in [-0.15, -0.1) is 0 Å². The van der Waals surface area contributed by atoms with Crippen LogP contribution in [0, 0.1) is 18.8 Å². The van der Waals surface area contributed by atoms with Crippen LogP contribution in [0.2, 0.25) is 0 Å². The average molecular weight is 326 g/mol. The summed E-state index contributed by atoms with van der Waals surface area (Å²) >= 11 is 0. The van der Waals surface area contributed by atoms with Crippen molar-refractivity contribution in [2.75, 3.05) is 13.1 Å². The predicted molar refractivity (Wildman–Crippen MR) is 89.9 cm³/mol. The Labute approximate surface area is 141 Å². The normalized spacial score (nSPS) is 22.5. The number of hydrogen-bond acceptors (Lipinski definition) is 4. The Bertz CT molecular complexity index is 786. The largest absolute Gasteiger partial charge is 0.488 e. The van der Waals surface area contributed by atoms with E-state index in [9.17, 15) is 4.79 Å². The molecule has 0 bridgehead atoms. The highest BCUT2D eigenvalue weighted by Crippen LogP contribution is 2.39. The van der Waals surface area contributed by atoms with Gasteiger partial charge in [-0.1, -0.05) is 30.6 Å². The number of likely N-dealkylation sites (tertiary alicyclic amines) is 1. The molecule has 1 aromatic heterocycles. The predicted octanol–water partition coefficient (Wildman–Crippen LogP) is 3.66. The second-order valence-corrected chi connectivity index (χ2v) is 7.28. The van der Waals surface area contributed by atoms with Crippen LogP contribution >= 0.6 is 0 Å². The summed E-state index contributed by atoms with van der Waals surface area (Å²) < 4.78 is 11.4. The fourth-order valence-electron chi connectivity index (χ4n) is 3.90. The zero-order valence-corrected chi connectivity index (χ0v) is 14.3. The van der Waals surface area contributed by atoms with E-state index < -0.39 is 0 Å². The molecule has 1 saturated heterocycles. The van der Waals surface area contributed by atoms with Crippen LogP contribution in [0.1, 0.15) is 41.9 Å². The van der Waals surface area contributed by atoms with Crippen molar-refractivity contribution in [3.8, 4) is 17.1 Å². The Kier molecular flexibility index (Phi) is 3.59. The standard InChI is InChI=1S/C19H22N2O3/c1-11-4-5-16-14(7-11)18-15(10-23-16)17(20-24-18)19(22)21-8-12(2)6-13(3)9-21/h4-5,7,12-13H,6,8-10H2,1-3H3/t12-,13+. The average Bonchev–Trinajstić information content (AvgIpc) is 2.97. The van der Waals surface area contributed by atoms with Gasteiger partial charge in [0.05, 0.1) is 11.1 Å². The number of aryl methyl sites for hydroxylation is 1. The molecular weight excluding hydrogens is 304 g/mol. The number of rotatable bonds is 1. The van der Waals surface area contributed by atoms with Gasteiger partial charge in [0, 0.05) is 13.1 Å². The second-order valence-electron chi connectivity index (χ2n) is 7.28. The topological polar surface area (TPSA) is 55.6 Å². The van der Waals surface area contributed by atoms with E-state index in [0.29, 0.717) is 29.9 Å². The second kappa shape index (κ2) is 5.65. The summed E-state index contributed by atoms with van der Waals surface area (Å²) in [6, 6.07) is 5.95. The summed E-state index contributed by atoms with van der Waals surface area (Å²) in [4.78, 5) is 14.9. The minimum atomic E-state index is -0.0434. The van der Waals surface area contributed by atoms with Crippen LogP contribution in [-0.4, -0.2) is 29.1 Å². The van der Waals surface area contributed by atoms with E-state index in [2.05, 4.69) is 19.0 Å². The summed E-state index contributed by atoms with van der Waals surface area (Å²) in [5.41, 5.74) is 3.17. The Morgan fingerprint density at radius 2 is 2.00 bits per heavy atom. The number of amides is 1. The molecule has 2 aromatic rings. The van der Waals surface area contributed by atoms with Crippen molar-refractivity contribution < 1.29 is 14.1 Å². The SMILES string of the molecule is Cc1ccc2c(c1)-c1onc(C(=O)N3C[C@H](C)C[C@H](C)C3)c1CO2. The van der Waals surface area contributed by atoms with Crippen molar-refractivity contribution >= 4 is 5.91 Å². The van der Waals surface area contributed by atoms with E-state index in [0.717, 1.165) is 42.0 Å². The molecule has 0 aliphatic carbocycles. The zero-order chi connectivity index (χ0) is 16.8. The van der Waals surface area contributed by atoms with E-state index in [1.165, 1.54) is 0 Å². The van der Waals surface area contributed by atoms with Crippen LogP contribution in [-0.2, 0) is 6.61 Å². The van der Waals surface area contributed by atoms with E-state index in [4.69, 9.17) is 9.26 Å². The molecule has 4 rings (SSSR count). The fourth-order valence-corrected chi connectivity index (χ4v) is 3.90. The van der Waals surface area contributed by atoms with Gasteiger partial charge >= 0.3 is 0 Å². The third kappa shape index (κ3) is 2.48. The van der Waals surface area contributed by atoms with Gasteiger partial charge in [0.15, 0.2) is 11.5 Å². The molecule has 1 fully saturated rings. The Morgan fingerprint density at radius 3 is 2.75 bits per heavy atom. The zero-order valence-electron chi connectivity index (χ0n) is 14.3. The number of aromatic nitrogens is 1. The first-order valence-electron chi connectivity index (χ1n) is 8.54. The van der Waals surface area contributed by atoms with Crippen molar-refractivity contribution in [3.63, 3.8) is 0 Å². The maximum Gasteiger partial charge on any atom is 0.276 e. The highest BCUT2D eigenvalue weighted by atomic mass is 16.5. The van der Waals surface area contributed by atoms with E-state index >= 15 is 0 Å². The molecule has 2 aliphatic heterocycles. The molecule has 126 valence electrons. The highest BCUT2D eigenvalue weighted by Gasteiger charge is 2.33. The molecule has 5 nitrogen and oxygen atoms in total. The van der Waals surface area contributed by atoms with Crippen LogP contribution in [0.4, 0.5) is 0 Å². The minimum absolute atomic E-state index is 0.0434. The summed E-state index contributed by atoms with van der Waals surface area (Å²) in [7, 11) is 0. The lowest BCUT2D eigenvalue weighted by Gasteiger charge is -2.34. The van der Waals surface area contributed by atoms with Gasteiger partial charge in [-0.2, -0.15) is 0 Å². The fraction of sp³-hybridized carbons (Fsp3) is 0.474. The van der Waals surface area contributed by atoms with E-state index in [-0.39, 0.29) is 5.91 Å². The summed E-state index contributed by atoms with van der Waals surface area (Å²) in [5.74, 6) is 2.43. The maximum atomic E-state index is 13.0. The molecule has 3 heterocycles. The van der Waals surface area contributed by atoms with Gasteiger partial charge in [-0.3, -0.25) is 4.79 Å². The number of benzene rings is 1. The Hall–Kier alpha value is -2.30. The number of fused-ring (bicyclic) bond motifs is 3. The number of hydrogen-bond donors (Lipinski definition) is 0. The lowest BCUT2D eigenvalue weighted by Crippen LogP contribution is -2.43. The lowest BCUT2D eigenvalue weighted by atomic mass is 9.91. The lowest BCUT2D eigenvalue weighted by molar-refractivity contribution is 0.0610. The van der Waals surface area contributed by atoms with Crippen molar-refractivity contribution in [2.45, 2.75) is 33.8 Å². The van der Waals surface area contributed by atoms with Gasteiger partial charge in [0.1, 0.15) is 12.4 Å².